The number of aryl methyl sites for hydroxylation is 1. The van der Waals surface area contributed by atoms with E-state index in [1.54, 1.807) is 32.2 Å². The molecule has 10 heteroatoms. The maximum Gasteiger partial charge on any atom is 0.194 e. The van der Waals surface area contributed by atoms with Crippen LogP contribution in [0.2, 0.25) is 0 Å². The van der Waals surface area contributed by atoms with E-state index in [1.807, 2.05) is 13.0 Å². The van der Waals surface area contributed by atoms with Crippen molar-refractivity contribution >= 4 is 19.7 Å². The predicted molar refractivity (Wildman–Crippen MR) is 112 cm³/mol. The first-order chi connectivity index (χ1) is 14.0. The van der Waals surface area contributed by atoms with E-state index in [0.717, 1.165) is 11.8 Å². The molecule has 1 aromatic heterocycles. The van der Waals surface area contributed by atoms with Gasteiger partial charge in [-0.3, -0.25) is 4.68 Å². The van der Waals surface area contributed by atoms with E-state index in [9.17, 15) is 16.8 Å². The minimum atomic E-state index is -3.63. The molecule has 2 unspecified atom stereocenters. The molecule has 1 aliphatic heterocycles. The summed E-state index contributed by atoms with van der Waals surface area (Å²) < 4.78 is 62.4. The van der Waals surface area contributed by atoms with Crippen LogP contribution in [0.25, 0.3) is 0 Å². The van der Waals surface area contributed by atoms with Crippen LogP contribution in [0.15, 0.2) is 40.3 Å². The van der Waals surface area contributed by atoms with Crippen molar-refractivity contribution in [2.45, 2.75) is 54.0 Å². The fourth-order valence-electron chi connectivity index (χ4n) is 3.68. The van der Waals surface area contributed by atoms with Crippen molar-refractivity contribution in [3.8, 4) is 0 Å². The Morgan fingerprint density at radius 2 is 2.00 bits per heavy atom. The summed E-state index contributed by atoms with van der Waals surface area (Å²) in [5.74, 6) is 0. The molecular weight excluding hydrogens is 428 g/mol. The van der Waals surface area contributed by atoms with Crippen LogP contribution in [-0.2, 0) is 35.7 Å². The van der Waals surface area contributed by atoms with Crippen molar-refractivity contribution in [1.82, 2.24) is 9.78 Å². The van der Waals surface area contributed by atoms with Crippen molar-refractivity contribution < 1.29 is 26.3 Å². The molecular formula is C20H28N2O6S2. The fraction of sp³-hybridized carbons (Fsp3) is 0.550. The summed E-state index contributed by atoms with van der Waals surface area (Å²) in [6, 6.07) is 8.36. The molecule has 8 nitrogen and oxygen atoms in total. The molecule has 2 aromatic rings. The second-order valence-electron chi connectivity index (χ2n) is 7.98. The number of methoxy groups -OCH3 is 1. The predicted octanol–water partition coefficient (Wildman–Crippen LogP) is 2.33. The number of aromatic nitrogens is 2. The number of ether oxygens (including phenoxy) is 2. The monoisotopic (exact) mass is 456 g/mol. The smallest absolute Gasteiger partial charge is 0.194 e. The van der Waals surface area contributed by atoms with Crippen molar-refractivity contribution in [1.29, 1.82) is 0 Å². The van der Waals surface area contributed by atoms with E-state index in [-0.39, 0.29) is 22.9 Å². The molecule has 0 bridgehead atoms. The van der Waals surface area contributed by atoms with Crippen LogP contribution in [0.3, 0.4) is 0 Å². The Balaban J connectivity index is 1.98. The first kappa shape index (κ1) is 22.9. The zero-order valence-electron chi connectivity index (χ0n) is 17.7. The van der Waals surface area contributed by atoms with Gasteiger partial charge in [-0.15, -0.1) is 0 Å². The van der Waals surface area contributed by atoms with Gasteiger partial charge in [-0.25, -0.2) is 16.8 Å². The zero-order chi connectivity index (χ0) is 22.2. The first-order valence-corrected chi connectivity index (χ1v) is 13.0. The highest BCUT2D eigenvalue weighted by atomic mass is 32.2. The largest absolute Gasteiger partial charge is 0.383 e. The van der Waals surface area contributed by atoms with Crippen LogP contribution in [0, 0.1) is 6.92 Å². The van der Waals surface area contributed by atoms with Gasteiger partial charge in [0, 0.05) is 26.0 Å². The van der Waals surface area contributed by atoms with E-state index in [2.05, 4.69) is 5.10 Å². The van der Waals surface area contributed by atoms with Crippen LogP contribution in [0.4, 0.5) is 0 Å². The summed E-state index contributed by atoms with van der Waals surface area (Å²) in [5, 5.41) is 4.13. The van der Waals surface area contributed by atoms with Crippen LogP contribution < -0.4 is 0 Å². The lowest BCUT2D eigenvalue weighted by atomic mass is 9.95. The maximum absolute atomic E-state index is 13.5. The van der Waals surface area contributed by atoms with Gasteiger partial charge in [0.2, 0.25) is 0 Å². The molecule has 2 atom stereocenters. The molecule has 2 heterocycles. The van der Waals surface area contributed by atoms with E-state index < -0.39 is 30.5 Å². The summed E-state index contributed by atoms with van der Waals surface area (Å²) >= 11 is 0. The summed E-state index contributed by atoms with van der Waals surface area (Å²) in [5.41, 5.74) is 1.41. The highest BCUT2D eigenvalue weighted by molar-refractivity contribution is 7.92. The zero-order valence-corrected chi connectivity index (χ0v) is 19.3. The van der Waals surface area contributed by atoms with E-state index in [4.69, 9.17) is 9.47 Å². The minimum absolute atomic E-state index is 0.0639. The average molecular weight is 457 g/mol. The quantitative estimate of drug-likeness (QED) is 0.630. The highest BCUT2D eigenvalue weighted by Crippen LogP contribution is 2.42. The molecule has 1 fully saturated rings. The lowest BCUT2D eigenvalue weighted by Gasteiger charge is -2.37. The van der Waals surface area contributed by atoms with Crippen LogP contribution in [0.1, 0.15) is 37.1 Å². The number of rotatable bonds is 7. The van der Waals surface area contributed by atoms with E-state index >= 15 is 0 Å². The summed E-state index contributed by atoms with van der Waals surface area (Å²) in [6.07, 6.45) is 1.05. The van der Waals surface area contributed by atoms with Crippen LogP contribution in [-0.4, -0.2) is 57.9 Å². The van der Waals surface area contributed by atoms with Crippen molar-refractivity contribution in [3.05, 3.63) is 41.6 Å². The minimum Gasteiger partial charge on any atom is -0.383 e. The summed E-state index contributed by atoms with van der Waals surface area (Å²) in [6.45, 7) is 4.50. The van der Waals surface area contributed by atoms with Gasteiger partial charge in [0.1, 0.15) is 6.10 Å². The molecule has 1 aliphatic rings. The highest BCUT2D eigenvalue weighted by Gasteiger charge is 2.46. The Labute approximate surface area is 178 Å². The number of hydrogen-bond donors (Lipinski definition) is 0. The Morgan fingerprint density at radius 3 is 2.63 bits per heavy atom. The lowest BCUT2D eigenvalue weighted by molar-refractivity contribution is -0.00538. The first-order valence-electron chi connectivity index (χ1n) is 9.67. The van der Waals surface area contributed by atoms with Gasteiger partial charge in [-0.1, -0.05) is 12.1 Å². The van der Waals surface area contributed by atoms with E-state index in [1.165, 1.54) is 10.7 Å². The van der Waals surface area contributed by atoms with Gasteiger partial charge < -0.3 is 9.47 Å². The van der Waals surface area contributed by atoms with Gasteiger partial charge in [0.05, 0.1) is 28.5 Å². The fourth-order valence-corrected chi connectivity index (χ4v) is 6.15. The second kappa shape index (κ2) is 8.41. The van der Waals surface area contributed by atoms with Crippen LogP contribution >= 0.6 is 0 Å². The Hall–Kier alpha value is -1.75. The van der Waals surface area contributed by atoms with Crippen LogP contribution in [0.5, 0.6) is 0 Å². The van der Waals surface area contributed by atoms with Gasteiger partial charge >= 0.3 is 0 Å². The number of hydrogen-bond acceptors (Lipinski definition) is 7. The third kappa shape index (κ3) is 4.46. The Bertz CT molecular complexity index is 1120. The molecule has 0 spiro atoms. The molecule has 0 radical (unpaired) electrons. The maximum atomic E-state index is 13.5. The average Bonchev–Trinajstić information content (AvgIpc) is 3.11. The third-order valence-electron chi connectivity index (χ3n) is 5.52. The molecule has 3 rings (SSSR count). The SMILES string of the molecule is COCCn1nc(S(C)(=O)=O)cc1C1CC(C)(S(=O)(=O)c2cccc(C)c2)CCO1. The van der Waals surface area contributed by atoms with Crippen molar-refractivity contribution in [2.75, 3.05) is 26.6 Å². The topological polar surface area (TPSA) is 105 Å². The Kier molecular flexibility index (Phi) is 6.43. The molecule has 166 valence electrons. The van der Waals surface area contributed by atoms with Gasteiger partial charge in [-0.05, 0) is 44.4 Å². The molecule has 1 aromatic carbocycles. The summed E-state index contributed by atoms with van der Waals surface area (Å²) in [7, 11) is -5.60. The molecule has 1 saturated heterocycles. The van der Waals surface area contributed by atoms with Gasteiger partial charge in [0.25, 0.3) is 0 Å². The molecule has 0 amide bonds. The number of nitrogens with zero attached hydrogens (tertiary/aromatic N) is 2. The summed E-state index contributed by atoms with van der Waals surface area (Å²) in [4.78, 5) is 0.287. The normalized spacial score (nSPS) is 22.9. The van der Waals surface area contributed by atoms with Gasteiger partial charge in [-0.2, -0.15) is 5.10 Å². The van der Waals surface area contributed by atoms with Gasteiger partial charge in [0.15, 0.2) is 24.7 Å². The van der Waals surface area contributed by atoms with Crippen molar-refractivity contribution in [2.24, 2.45) is 0 Å². The number of sulfone groups is 2. The lowest BCUT2D eigenvalue weighted by Crippen LogP contribution is -2.42. The molecule has 0 aliphatic carbocycles. The molecule has 0 N–H and O–H groups in total. The second-order valence-corrected chi connectivity index (χ2v) is 12.4. The standard InChI is InChI=1S/C20H28N2O6S2/c1-15-6-5-7-16(12-15)30(25,26)20(2)8-10-28-18(14-20)17-13-19(29(4,23)24)21-22(17)9-11-27-3/h5-7,12-13,18H,8-11,14H2,1-4H3. The molecule has 30 heavy (non-hydrogen) atoms. The Morgan fingerprint density at radius 1 is 1.27 bits per heavy atom. The molecule has 0 saturated carbocycles. The third-order valence-corrected chi connectivity index (χ3v) is 9.02. The van der Waals surface area contributed by atoms with Crippen molar-refractivity contribution in [3.63, 3.8) is 0 Å². The number of benzene rings is 1. The van der Waals surface area contributed by atoms with E-state index in [0.29, 0.717) is 25.3 Å².